The van der Waals surface area contributed by atoms with Crippen LogP contribution in [0.2, 0.25) is 4.34 Å². The number of anilines is 1. The van der Waals surface area contributed by atoms with Gasteiger partial charge in [-0.05, 0) is 13.3 Å². The van der Waals surface area contributed by atoms with Gasteiger partial charge in [0.05, 0.1) is 11.6 Å². The van der Waals surface area contributed by atoms with Crippen LogP contribution in [0.4, 0.5) is 5.13 Å². The molecule has 0 bridgehead atoms. The zero-order valence-corrected chi connectivity index (χ0v) is 9.81. The van der Waals surface area contributed by atoms with E-state index in [9.17, 15) is 4.79 Å². The van der Waals surface area contributed by atoms with Crippen LogP contribution in [0, 0.1) is 5.41 Å². The second kappa shape index (κ2) is 3.64. The normalized spacial score (nSPS) is 25.9. The molecule has 82 valence electrons. The minimum Gasteiger partial charge on any atom is -0.481 e. The first kappa shape index (κ1) is 10.7. The van der Waals surface area contributed by atoms with Crippen molar-refractivity contribution in [1.82, 2.24) is 4.98 Å². The van der Waals surface area contributed by atoms with Crippen molar-refractivity contribution in [3.8, 4) is 0 Å². The molecule has 15 heavy (non-hydrogen) atoms. The highest BCUT2D eigenvalue weighted by atomic mass is 35.5. The first-order valence-corrected chi connectivity index (χ1v) is 5.80. The standard InChI is InChI=1S/C9H11ClN2O2S/c1-9(7(13)14)2-3-12(5-9)8-11-4-6(10)15-8/h4H,2-3,5H2,1H3,(H,13,14). The van der Waals surface area contributed by atoms with Crippen LogP contribution in [0.25, 0.3) is 0 Å². The smallest absolute Gasteiger partial charge is 0.311 e. The zero-order chi connectivity index (χ0) is 11.1. The number of nitrogens with zero attached hydrogens (tertiary/aromatic N) is 2. The van der Waals surface area contributed by atoms with Crippen molar-refractivity contribution in [1.29, 1.82) is 0 Å². The molecule has 1 aliphatic rings. The Kier molecular flexibility index (Phi) is 2.60. The number of halogens is 1. The Balaban J connectivity index is 2.14. The highest BCUT2D eigenvalue weighted by molar-refractivity contribution is 7.19. The van der Waals surface area contributed by atoms with Crippen LogP contribution in [0.5, 0.6) is 0 Å². The summed E-state index contributed by atoms with van der Waals surface area (Å²) in [4.78, 5) is 17.2. The molecule has 2 rings (SSSR count). The number of aliphatic carboxylic acids is 1. The molecule has 1 aromatic rings. The van der Waals surface area contributed by atoms with Crippen molar-refractivity contribution in [2.24, 2.45) is 5.41 Å². The van der Waals surface area contributed by atoms with E-state index in [1.54, 1.807) is 13.1 Å². The van der Waals surface area contributed by atoms with Gasteiger partial charge in [0, 0.05) is 13.1 Å². The lowest BCUT2D eigenvalue weighted by Crippen LogP contribution is -2.31. The molecule has 1 aliphatic heterocycles. The van der Waals surface area contributed by atoms with E-state index in [2.05, 4.69) is 4.98 Å². The predicted octanol–water partition coefficient (Wildman–Crippen LogP) is 2.10. The van der Waals surface area contributed by atoms with Gasteiger partial charge in [0.1, 0.15) is 4.34 Å². The van der Waals surface area contributed by atoms with Crippen molar-refractivity contribution in [3.05, 3.63) is 10.5 Å². The molecule has 0 amide bonds. The maximum atomic E-state index is 11.0. The van der Waals surface area contributed by atoms with E-state index < -0.39 is 11.4 Å². The van der Waals surface area contributed by atoms with Gasteiger partial charge in [-0.15, -0.1) is 0 Å². The first-order chi connectivity index (χ1) is 7.01. The number of rotatable bonds is 2. The molecule has 0 aromatic carbocycles. The molecule has 0 saturated carbocycles. The van der Waals surface area contributed by atoms with Gasteiger partial charge >= 0.3 is 5.97 Å². The summed E-state index contributed by atoms with van der Waals surface area (Å²) in [5, 5.41) is 9.88. The van der Waals surface area contributed by atoms with Crippen LogP contribution in [-0.2, 0) is 4.79 Å². The van der Waals surface area contributed by atoms with Crippen LogP contribution >= 0.6 is 22.9 Å². The quantitative estimate of drug-likeness (QED) is 0.868. The van der Waals surface area contributed by atoms with Gasteiger partial charge in [0.15, 0.2) is 5.13 Å². The summed E-state index contributed by atoms with van der Waals surface area (Å²) in [6.07, 6.45) is 2.25. The lowest BCUT2D eigenvalue weighted by molar-refractivity contribution is -0.146. The summed E-state index contributed by atoms with van der Waals surface area (Å²) >= 11 is 7.17. The highest BCUT2D eigenvalue weighted by Gasteiger charge is 2.41. The average Bonchev–Trinajstić information content (AvgIpc) is 2.73. The topological polar surface area (TPSA) is 53.4 Å². The fourth-order valence-electron chi connectivity index (χ4n) is 1.69. The number of aromatic nitrogens is 1. The van der Waals surface area contributed by atoms with Gasteiger partial charge < -0.3 is 10.0 Å². The maximum Gasteiger partial charge on any atom is 0.311 e. The van der Waals surface area contributed by atoms with E-state index in [1.165, 1.54) is 11.3 Å². The Labute approximate surface area is 96.5 Å². The Hall–Kier alpha value is -0.810. The molecule has 0 aliphatic carbocycles. The molecule has 0 radical (unpaired) electrons. The third kappa shape index (κ3) is 1.94. The van der Waals surface area contributed by atoms with Crippen LogP contribution in [0.1, 0.15) is 13.3 Å². The number of carboxylic acid groups (broad SMARTS) is 1. The zero-order valence-electron chi connectivity index (χ0n) is 8.23. The number of carbonyl (C=O) groups is 1. The molecular formula is C9H11ClN2O2S. The summed E-state index contributed by atoms with van der Waals surface area (Å²) < 4.78 is 0.633. The molecule has 1 atom stereocenters. The third-order valence-corrected chi connectivity index (χ3v) is 3.90. The summed E-state index contributed by atoms with van der Waals surface area (Å²) in [7, 11) is 0. The number of thiazole rings is 1. The molecule has 2 heterocycles. The van der Waals surface area contributed by atoms with Gasteiger partial charge in [0.2, 0.25) is 0 Å². The van der Waals surface area contributed by atoms with Gasteiger partial charge in [-0.2, -0.15) is 0 Å². The predicted molar refractivity (Wildman–Crippen MR) is 59.7 cm³/mol. The molecule has 1 N–H and O–H groups in total. The van der Waals surface area contributed by atoms with Crippen molar-refractivity contribution >= 4 is 34.0 Å². The van der Waals surface area contributed by atoms with Crippen LogP contribution in [-0.4, -0.2) is 29.1 Å². The van der Waals surface area contributed by atoms with Crippen LogP contribution in [0.15, 0.2) is 6.20 Å². The Morgan fingerprint density at radius 1 is 1.80 bits per heavy atom. The first-order valence-electron chi connectivity index (χ1n) is 4.61. The minimum absolute atomic E-state index is 0.506. The van der Waals surface area contributed by atoms with Crippen molar-refractivity contribution in [2.45, 2.75) is 13.3 Å². The largest absolute Gasteiger partial charge is 0.481 e. The third-order valence-electron chi connectivity index (χ3n) is 2.73. The number of hydrogen-bond donors (Lipinski definition) is 1. The second-order valence-corrected chi connectivity index (χ2v) is 5.62. The molecule has 1 aromatic heterocycles. The highest BCUT2D eigenvalue weighted by Crippen LogP contribution is 2.36. The van der Waals surface area contributed by atoms with Gasteiger partial charge in [-0.25, -0.2) is 4.98 Å². The SMILES string of the molecule is CC1(C(=O)O)CCN(c2ncc(Cl)s2)C1. The molecule has 1 unspecified atom stereocenters. The maximum absolute atomic E-state index is 11.0. The van der Waals surface area contributed by atoms with E-state index >= 15 is 0 Å². The van der Waals surface area contributed by atoms with E-state index in [4.69, 9.17) is 16.7 Å². The van der Waals surface area contributed by atoms with Crippen LogP contribution < -0.4 is 4.90 Å². The van der Waals surface area contributed by atoms with E-state index in [0.29, 0.717) is 17.3 Å². The van der Waals surface area contributed by atoms with Crippen LogP contribution in [0.3, 0.4) is 0 Å². The van der Waals surface area contributed by atoms with E-state index in [1.807, 2.05) is 4.90 Å². The second-order valence-electron chi connectivity index (χ2n) is 3.98. The summed E-state index contributed by atoms with van der Waals surface area (Å²) in [6.45, 7) is 3.00. The molecule has 1 fully saturated rings. The van der Waals surface area contributed by atoms with Crippen molar-refractivity contribution in [2.75, 3.05) is 18.0 Å². The summed E-state index contributed by atoms with van der Waals surface area (Å²) in [5.41, 5.74) is -0.655. The fourth-order valence-corrected chi connectivity index (χ4v) is 2.62. The van der Waals surface area contributed by atoms with Crippen molar-refractivity contribution < 1.29 is 9.90 Å². The van der Waals surface area contributed by atoms with Gasteiger partial charge in [-0.3, -0.25) is 4.79 Å². The number of carboxylic acids is 1. The monoisotopic (exact) mass is 246 g/mol. The molecule has 0 spiro atoms. The molecular weight excluding hydrogens is 236 g/mol. The fraction of sp³-hybridized carbons (Fsp3) is 0.556. The Morgan fingerprint density at radius 3 is 3.00 bits per heavy atom. The van der Waals surface area contributed by atoms with Gasteiger partial charge in [0.25, 0.3) is 0 Å². The Bertz CT molecular complexity index is 395. The minimum atomic E-state index is -0.743. The molecule has 1 saturated heterocycles. The van der Waals surface area contributed by atoms with E-state index in [0.717, 1.165) is 11.7 Å². The molecule has 6 heteroatoms. The van der Waals surface area contributed by atoms with Gasteiger partial charge in [-0.1, -0.05) is 22.9 Å². The lowest BCUT2D eigenvalue weighted by Gasteiger charge is -2.19. The average molecular weight is 247 g/mol. The summed E-state index contributed by atoms with van der Waals surface area (Å²) in [6, 6.07) is 0. The lowest BCUT2D eigenvalue weighted by atomic mass is 9.90. The summed E-state index contributed by atoms with van der Waals surface area (Å²) in [5.74, 6) is -0.743. The molecule has 4 nitrogen and oxygen atoms in total. The Morgan fingerprint density at radius 2 is 2.53 bits per heavy atom. The number of hydrogen-bond acceptors (Lipinski definition) is 4. The van der Waals surface area contributed by atoms with E-state index in [-0.39, 0.29) is 0 Å². The van der Waals surface area contributed by atoms with Crippen molar-refractivity contribution in [3.63, 3.8) is 0 Å².